The molecule has 27 heavy (non-hydrogen) atoms. The predicted molar refractivity (Wildman–Crippen MR) is 103 cm³/mol. The molecular weight excluding hydrogens is 342 g/mol. The van der Waals surface area contributed by atoms with Crippen molar-refractivity contribution in [2.24, 2.45) is 0 Å². The van der Waals surface area contributed by atoms with Gasteiger partial charge in [0.1, 0.15) is 0 Å². The van der Waals surface area contributed by atoms with Gasteiger partial charge < -0.3 is 15.0 Å². The molecule has 1 atom stereocenters. The monoisotopic (exact) mass is 367 g/mol. The van der Waals surface area contributed by atoms with Crippen LogP contribution in [-0.2, 0) is 16.1 Å². The molecule has 3 rings (SSSR count). The van der Waals surface area contributed by atoms with Crippen molar-refractivity contribution in [3.63, 3.8) is 0 Å². The molecule has 1 saturated heterocycles. The standard InChI is InChI=1S/C21H25N3O3/c1-15(25)22-12-16-8-9-20(23-13-16)17-5-3-6-18(11-17)21(26)24-10-4-7-19(14-24)27-2/h3,5-6,8-9,11,13,19H,4,7,10,12,14H2,1-2H3,(H,22,25)/t19-/m0/s1. The highest BCUT2D eigenvalue weighted by atomic mass is 16.5. The van der Waals surface area contributed by atoms with Gasteiger partial charge in [-0.3, -0.25) is 14.6 Å². The summed E-state index contributed by atoms with van der Waals surface area (Å²) in [6, 6.07) is 11.4. The average Bonchev–Trinajstić information content (AvgIpc) is 2.72. The smallest absolute Gasteiger partial charge is 0.253 e. The van der Waals surface area contributed by atoms with Crippen molar-refractivity contribution in [1.82, 2.24) is 15.2 Å². The highest BCUT2D eigenvalue weighted by Gasteiger charge is 2.24. The second-order valence-corrected chi connectivity index (χ2v) is 6.79. The summed E-state index contributed by atoms with van der Waals surface area (Å²) in [6.07, 6.45) is 3.81. The fourth-order valence-corrected chi connectivity index (χ4v) is 3.24. The van der Waals surface area contributed by atoms with Crippen molar-refractivity contribution in [1.29, 1.82) is 0 Å². The fourth-order valence-electron chi connectivity index (χ4n) is 3.24. The molecule has 1 aromatic carbocycles. The molecule has 1 aromatic heterocycles. The van der Waals surface area contributed by atoms with Gasteiger partial charge in [-0.1, -0.05) is 18.2 Å². The quantitative estimate of drug-likeness (QED) is 0.882. The Bertz CT molecular complexity index is 805. The number of benzene rings is 1. The van der Waals surface area contributed by atoms with E-state index in [0.717, 1.165) is 36.2 Å². The molecule has 0 saturated carbocycles. The minimum Gasteiger partial charge on any atom is -0.380 e. The number of pyridine rings is 1. The van der Waals surface area contributed by atoms with Gasteiger partial charge in [-0.05, 0) is 36.6 Å². The van der Waals surface area contributed by atoms with Crippen LogP contribution in [-0.4, -0.2) is 48.0 Å². The van der Waals surface area contributed by atoms with Crippen LogP contribution in [0.15, 0.2) is 42.6 Å². The van der Waals surface area contributed by atoms with Crippen LogP contribution in [0.2, 0.25) is 0 Å². The molecule has 0 spiro atoms. The Balaban J connectivity index is 1.73. The Labute approximate surface area is 159 Å². The van der Waals surface area contributed by atoms with E-state index >= 15 is 0 Å². The maximum Gasteiger partial charge on any atom is 0.253 e. The van der Waals surface area contributed by atoms with E-state index in [1.807, 2.05) is 41.3 Å². The van der Waals surface area contributed by atoms with Crippen LogP contribution >= 0.6 is 0 Å². The lowest BCUT2D eigenvalue weighted by atomic mass is 10.0. The maximum atomic E-state index is 12.9. The second-order valence-electron chi connectivity index (χ2n) is 6.79. The zero-order valence-electron chi connectivity index (χ0n) is 15.8. The number of methoxy groups -OCH3 is 1. The molecule has 0 bridgehead atoms. The van der Waals surface area contributed by atoms with Crippen molar-refractivity contribution >= 4 is 11.8 Å². The first-order chi connectivity index (χ1) is 13.1. The van der Waals surface area contributed by atoms with Crippen molar-refractivity contribution in [3.05, 3.63) is 53.7 Å². The third-order valence-electron chi connectivity index (χ3n) is 4.77. The van der Waals surface area contributed by atoms with E-state index in [9.17, 15) is 9.59 Å². The van der Waals surface area contributed by atoms with Crippen molar-refractivity contribution < 1.29 is 14.3 Å². The Morgan fingerprint density at radius 1 is 1.30 bits per heavy atom. The first kappa shape index (κ1) is 19.0. The summed E-state index contributed by atoms with van der Waals surface area (Å²) in [7, 11) is 1.69. The number of piperidine rings is 1. The van der Waals surface area contributed by atoms with E-state index in [-0.39, 0.29) is 17.9 Å². The zero-order valence-corrected chi connectivity index (χ0v) is 15.8. The van der Waals surface area contributed by atoms with Crippen molar-refractivity contribution in [2.45, 2.75) is 32.4 Å². The molecule has 1 fully saturated rings. The first-order valence-electron chi connectivity index (χ1n) is 9.18. The Hall–Kier alpha value is -2.73. The molecule has 0 radical (unpaired) electrons. The minimum atomic E-state index is -0.0706. The van der Waals surface area contributed by atoms with Gasteiger partial charge in [-0.2, -0.15) is 0 Å². The predicted octanol–water partition coefficient (Wildman–Crippen LogP) is 2.64. The van der Waals surface area contributed by atoms with Crippen LogP contribution in [0.4, 0.5) is 0 Å². The number of carbonyl (C=O) groups is 2. The number of carbonyl (C=O) groups excluding carboxylic acids is 2. The fraction of sp³-hybridized carbons (Fsp3) is 0.381. The van der Waals surface area contributed by atoms with Gasteiger partial charge in [0.05, 0.1) is 11.8 Å². The van der Waals surface area contributed by atoms with Gasteiger partial charge in [0.15, 0.2) is 0 Å². The normalized spacial score (nSPS) is 16.8. The highest BCUT2D eigenvalue weighted by molar-refractivity contribution is 5.95. The lowest BCUT2D eigenvalue weighted by Crippen LogP contribution is -2.42. The van der Waals surface area contributed by atoms with Gasteiger partial charge in [-0.25, -0.2) is 0 Å². The number of nitrogens with one attached hydrogen (secondary N) is 1. The molecule has 6 nitrogen and oxygen atoms in total. The molecule has 2 amide bonds. The summed E-state index contributed by atoms with van der Waals surface area (Å²) in [6.45, 7) is 3.34. The topological polar surface area (TPSA) is 71.5 Å². The number of nitrogens with zero attached hydrogens (tertiary/aromatic N) is 2. The van der Waals surface area contributed by atoms with Crippen LogP contribution < -0.4 is 5.32 Å². The second kappa shape index (κ2) is 8.77. The number of ether oxygens (including phenoxy) is 1. The summed E-state index contributed by atoms with van der Waals surface area (Å²) in [5, 5.41) is 2.75. The Kier molecular flexibility index (Phi) is 6.19. The molecule has 0 unspecified atom stereocenters. The van der Waals surface area contributed by atoms with Gasteiger partial charge in [0, 0.05) is 51.0 Å². The summed E-state index contributed by atoms with van der Waals surface area (Å²) >= 11 is 0. The molecule has 2 aromatic rings. The molecule has 2 heterocycles. The van der Waals surface area contributed by atoms with Gasteiger partial charge in [-0.15, -0.1) is 0 Å². The van der Waals surface area contributed by atoms with E-state index in [0.29, 0.717) is 18.7 Å². The van der Waals surface area contributed by atoms with E-state index < -0.39 is 0 Å². The molecule has 142 valence electrons. The number of amides is 2. The third-order valence-corrected chi connectivity index (χ3v) is 4.77. The van der Waals surface area contributed by atoms with Gasteiger partial charge in [0.25, 0.3) is 5.91 Å². The SMILES string of the molecule is CO[C@H]1CCCN(C(=O)c2cccc(-c3ccc(CNC(C)=O)cn3)c2)C1. The van der Waals surface area contributed by atoms with E-state index in [2.05, 4.69) is 10.3 Å². The number of aromatic nitrogens is 1. The van der Waals surface area contributed by atoms with Crippen LogP contribution in [0.25, 0.3) is 11.3 Å². The molecule has 0 aliphatic carbocycles. The van der Waals surface area contributed by atoms with E-state index in [1.165, 1.54) is 6.92 Å². The molecule has 1 N–H and O–H groups in total. The largest absolute Gasteiger partial charge is 0.380 e. The number of hydrogen-bond acceptors (Lipinski definition) is 4. The number of rotatable bonds is 5. The highest BCUT2D eigenvalue weighted by Crippen LogP contribution is 2.21. The van der Waals surface area contributed by atoms with Crippen molar-refractivity contribution in [2.75, 3.05) is 20.2 Å². The number of hydrogen-bond donors (Lipinski definition) is 1. The molecule has 6 heteroatoms. The molecule has 1 aliphatic heterocycles. The maximum absolute atomic E-state index is 12.9. The van der Waals surface area contributed by atoms with Crippen LogP contribution in [0.5, 0.6) is 0 Å². The Morgan fingerprint density at radius 3 is 2.85 bits per heavy atom. The van der Waals surface area contributed by atoms with Crippen molar-refractivity contribution in [3.8, 4) is 11.3 Å². The van der Waals surface area contributed by atoms with Gasteiger partial charge >= 0.3 is 0 Å². The van der Waals surface area contributed by atoms with Crippen LogP contribution in [0.3, 0.4) is 0 Å². The summed E-state index contributed by atoms with van der Waals surface area (Å²) in [4.78, 5) is 30.2. The Morgan fingerprint density at radius 2 is 2.15 bits per heavy atom. The summed E-state index contributed by atoms with van der Waals surface area (Å²) in [5.41, 5.74) is 3.28. The lowest BCUT2D eigenvalue weighted by Gasteiger charge is -2.32. The minimum absolute atomic E-state index is 0.0286. The van der Waals surface area contributed by atoms with Crippen LogP contribution in [0, 0.1) is 0 Å². The first-order valence-corrected chi connectivity index (χ1v) is 9.18. The summed E-state index contributed by atoms with van der Waals surface area (Å²) < 4.78 is 5.42. The van der Waals surface area contributed by atoms with Gasteiger partial charge in [0.2, 0.25) is 5.91 Å². The average molecular weight is 367 g/mol. The summed E-state index contributed by atoms with van der Waals surface area (Å²) in [5.74, 6) is -0.0420. The van der Waals surface area contributed by atoms with E-state index in [1.54, 1.807) is 13.3 Å². The molecule has 1 aliphatic rings. The molecular formula is C21H25N3O3. The number of likely N-dealkylation sites (tertiary alicyclic amines) is 1. The lowest BCUT2D eigenvalue weighted by molar-refractivity contribution is -0.119. The van der Waals surface area contributed by atoms with E-state index in [4.69, 9.17) is 4.74 Å². The van der Waals surface area contributed by atoms with Crippen LogP contribution in [0.1, 0.15) is 35.7 Å². The third kappa shape index (κ3) is 4.92. The zero-order chi connectivity index (χ0) is 19.2.